The van der Waals surface area contributed by atoms with E-state index in [4.69, 9.17) is 0 Å². The van der Waals surface area contributed by atoms with Gasteiger partial charge < -0.3 is 4.98 Å². The molecule has 0 amide bonds. The molecule has 0 saturated carbocycles. The molecule has 0 saturated heterocycles. The Balaban J connectivity index is 2.01. The van der Waals surface area contributed by atoms with E-state index in [0.717, 1.165) is 0 Å². The molecule has 1 unspecified atom stereocenters. The lowest BCUT2D eigenvalue weighted by Crippen LogP contribution is -2.58. The van der Waals surface area contributed by atoms with Gasteiger partial charge in [-0.2, -0.15) is 0 Å². The molecule has 1 aromatic carbocycles. The maximum Gasteiger partial charge on any atom is 0.131 e. The second-order valence-electron chi connectivity index (χ2n) is 8.52. The SMILES string of the molecule is CC1=Cc2cc3c(cc2C1[Si](C)(C)NC(C)(C)C)CCC3. The van der Waals surface area contributed by atoms with E-state index >= 15 is 0 Å². The lowest BCUT2D eigenvalue weighted by Gasteiger charge is -2.39. The molecule has 2 aliphatic rings. The molecule has 0 aliphatic heterocycles. The third-order valence-corrected chi connectivity index (χ3v) is 8.47. The van der Waals surface area contributed by atoms with Crippen LogP contribution in [0.1, 0.15) is 61.9 Å². The number of hydrogen-bond acceptors (Lipinski definition) is 1. The van der Waals surface area contributed by atoms with Crippen molar-refractivity contribution >= 4 is 14.3 Å². The summed E-state index contributed by atoms with van der Waals surface area (Å²) >= 11 is 0. The zero-order valence-electron chi connectivity index (χ0n) is 14.4. The molecule has 0 bridgehead atoms. The summed E-state index contributed by atoms with van der Waals surface area (Å²) in [5, 5.41) is 0. The van der Waals surface area contributed by atoms with E-state index in [1.807, 2.05) is 0 Å². The van der Waals surface area contributed by atoms with Crippen LogP contribution >= 0.6 is 0 Å². The normalized spacial score (nSPS) is 21.2. The number of hydrogen-bond donors (Lipinski definition) is 1. The molecule has 3 rings (SSSR count). The van der Waals surface area contributed by atoms with Crippen molar-refractivity contribution in [2.24, 2.45) is 0 Å². The number of nitrogens with one attached hydrogen (secondary N) is 1. The molecule has 114 valence electrons. The van der Waals surface area contributed by atoms with E-state index in [9.17, 15) is 0 Å². The molecular formula is C19H29NSi. The maximum atomic E-state index is 3.97. The Labute approximate surface area is 130 Å². The van der Waals surface area contributed by atoms with Crippen LogP contribution in [-0.4, -0.2) is 13.8 Å². The Bertz CT molecular complexity index is 605. The highest BCUT2D eigenvalue weighted by molar-refractivity contribution is 6.77. The van der Waals surface area contributed by atoms with E-state index in [1.54, 1.807) is 22.3 Å². The van der Waals surface area contributed by atoms with E-state index in [-0.39, 0.29) is 5.54 Å². The van der Waals surface area contributed by atoms with Crippen LogP contribution in [0.25, 0.3) is 6.08 Å². The van der Waals surface area contributed by atoms with Gasteiger partial charge in [0.2, 0.25) is 0 Å². The average molecular weight is 300 g/mol. The van der Waals surface area contributed by atoms with Crippen molar-refractivity contribution in [3.8, 4) is 0 Å². The van der Waals surface area contributed by atoms with Crippen molar-refractivity contribution in [1.82, 2.24) is 4.98 Å². The largest absolute Gasteiger partial charge is 0.332 e. The minimum absolute atomic E-state index is 0.190. The van der Waals surface area contributed by atoms with Gasteiger partial charge in [-0.3, -0.25) is 0 Å². The number of allylic oxidation sites excluding steroid dienone is 1. The molecule has 2 heteroatoms. The van der Waals surface area contributed by atoms with Crippen LogP contribution in [0.15, 0.2) is 17.7 Å². The van der Waals surface area contributed by atoms with E-state index < -0.39 is 8.24 Å². The van der Waals surface area contributed by atoms with Gasteiger partial charge in [0.25, 0.3) is 0 Å². The molecule has 0 radical (unpaired) electrons. The van der Waals surface area contributed by atoms with Gasteiger partial charge in [0, 0.05) is 11.1 Å². The van der Waals surface area contributed by atoms with Crippen LogP contribution in [-0.2, 0) is 12.8 Å². The number of benzene rings is 1. The third kappa shape index (κ3) is 2.76. The fourth-order valence-corrected chi connectivity index (χ4v) is 8.93. The second-order valence-corrected chi connectivity index (χ2v) is 12.8. The smallest absolute Gasteiger partial charge is 0.131 e. The molecule has 1 atom stereocenters. The van der Waals surface area contributed by atoms with Gasteiger partial charge in [-0.15, -0.1) is 0 Å². The van der Waals surface area contributed by atoms with Crippen molar-refractivity contribution < 1.29 is 0 Å². The van der Waals surface area contributed by atoms with Crippen molar-refractivity contribution in [2.45, 2.75) is 71.1 Å². The monoisotopic (exact) mass is 299 g/mol. The van der Waals surface area contributed by atoms with Gasteiger partial charge in [-0.1, -0.05) is 36.9 Å². The quantitative estimate of drug-likeness (QED) is 0.773. The molecule has 1 N–H and O–H groups in total. The van der Waals surface area contributed by atoms with Gasteiger partial charge in [0.15, 0.2) is 0 Å². The summed E-state index contributed by atoms with van der Waals surface area (Å²) in [7, 11) is -1.57. The second kappa shape index (κ2) is 4.82. The van der Waals surface area contributed by atoms with Crippen LogP contribution in [0.2, 0.25) is 13.1 Å². The maximum absolute atomic E-state index is 3.97. The fourth-order valence-electron chi connectivity index (χ4n) is 4.61. The lowest BCUT2D eigenvalue weighted by atomic mass is 10.0. The third-order valence-electron chi connectivity index (χ3n) is 4.87. The zero-order chi connectivity index (χ0) is 15.4. The van der Waals surface area contributed by atoms with Crippen LogP contribution in [0.5, 0.6) is 0 Å². The molecule has 1 nitrogen and oxygen atoms in total. The highest BCUT2D eigenvalue weighted by atomic mass is 28.3. The predicted octanol–water partition coefficient (Wildman–Crippen LogP) is 4.81. The summed E-state index contributed by atoms with van der Waals surface area (Å²) in [5.41, 5.74) is 8.68. The standard InChI is InChI=1S/C19H29NSi/c1-13-10-16-11-14-8-7-9-15(14)12-17(16)18(13)21(5,6)20-19(2,3)4/h10-12,18,20H,7-9H2,1-6H3. The molecule has 21 heavy (non-hydrogen) atoms. The van der Waals surface area contributed by atoms with Gasteiger partial charge in [0.05, 0.1) is 0 Å². The van der Waals surface area contributed by atoms with Crippen LogP contribution < -0.4 is 4.98 Å². The average Bonchev–Trinajstić information content (AvgIpc) is 2.83. The Morgan fingerprint density at radius 1 is 1.10 bits per heavy atom. The van der Waals surface area contributed by atoms with E-state index in [1.165, 1.54) is 24.8 Å². The highest BCUT2D eigenvalue weighted by Crippen LogP contribution is 2.43. The number of rotatable bonds is 2. The van der Waals surface area contributed by atoms with Gasteiger partial charge in [-0.25, -0.2) is 0 Å². The predicted molar refractivity (Wildman–Crippen MR) is 95.2 cm³/mol. The van der Waals surface area contributed by atoms with E-state index in [2.05, 4.69) is 64.0 Å². The number of fused-ring (bicyclic) bond motifs is 2. The Morgan fingerprint density at radius 2 is 1.71 bits per heavy atom. The zero-order valence-corrected chi connectivity index (χ0v) is 15.4. The number of aryl methyl sites for hydroxylation is 2. The minimum Gasteiger partial charge on any atom is -0.332 e. The lowest BCUT2D eigenvalue weighted by molar-refractivity contribution is 0.508. The first-order valence-corrected chi connectivity index (χ1v) is 11.4. The van der Waals surface area contributed by atoms with Gasteiger partial charge in [-0.05, 0) is 69.2 Å². The first-order valence-electron chi connectivity index (χ1n) is 8.31. The van der Waals surface area contributed by atoms with Crippen molar-refractivity contribution in [3.05, 3.63) is 40.0 Å². The van der Waals surface area contributed by atoms with Crippen molar-refractivity contribution in [1.29, 1.82) is 0 Å². The first-order chi connectivity index (χ1) is 9.67. The summed E-state index contributed by atoms with van der Waals surface area (Å²) in [5.74, 6) is 0. The molecule has 0 aromatic heterocycles. The van der Waals surface area contributed by atoms with E-state index in [0.29, 0.717) is 5.54 Å². The Morgan fingerprint density at radius 3 is 2.33 bits per heavy atom. The molecule has 0 fully saturated rings. The molecule has 1 aromatic rings. The molecular weight excluding hydrogens is 270 g/mol. The van der Waals surface area contributed by atoms with Crippen LogP contribution in [0.3, 0.4) is 0 Å². The summed E-state index contributed by atoms with van der Waals surface area (Å²) in [6.45, 7) is 14.2. The first kappa shape index (κ1) is 15.0. The summed E-state index contributed by atoms with van der Waals surface area (Å²) in [4.78, 5) is 3.97. The Kier molecular flexibility index (Phi) is 3.45. The van der Waals surface area contributed by atoms with Crippen LogP contribution in [0, 0.1) is 0 Å². The minimum atomic E-state index is -1.57. The topological polar surface area (TPSA) is 12.0 Å². The summed E-state index contributed by atoms with van der Waals surface area (Å²) < 4.78 is 0. The molecule has 2 aliphatic carbocycles. The van der Waals surface area contributed by atoms with Crippen molar-refractivity contribution in [3.63, 3.8) is 0 Å². The Hall–Kier alpha value is -0.863. The van der Waals surface area contributed by atoms with Crippen molar-refractivity contribution in [2.75, 3.05) is 0 Å². The van der Waals surface area contributed by atoms with Crippen LogP contribution in [0.4, 0.5) is 0 Å². The molecule has 0 heterocycles. The highest BCUT2D eigenvalue weighted by Gasteiger charge is 2.40. The summed E-state index contributed by atoms with van der Waals surface area (Å²) in [6.07, 6.45) is 6.34. The molecule has 0 spiro atoms. The van der Waals surface area contributed by atoms with Gasteiger partial charge in [0.1, 0.15) is 8.24 Å². The summed E-state index contributed by atoms with van der Waals surface area (Å²) in [6, 6.07) is 5.01. The van der Waals surface area contributed by atoms with Gasteiger partial charge >= 0.3 is 0 Å². The fraction of sp³-hybridized carbons (Fsp3) is 0.579.